The third kappa shape index (κ3) is 3.75. The second-order valence-electron chi connectivity index (χ2n) is 6.99. The molecule has 1 aliphatic heterocycles. The Bertz CT molecular complexity index is 1310. The number of aliphatic carboxylic acids is 1. The van der Waals surface area contributed by atoms with Crippen LogP contribution in [0.25, 0.3) is 17.0 Å². The van der Waals surface area contributed by atoms with E-state index in [2.05, 4.69) is 21.2 Å². The van der Waals surface area contributed by atoms with E-state index in [1.807, 2.05) is 6.92 Å². The monoisotopic (exact) mass is 480 g/mol. The molecule has 9 heteroatoms. The Balaban J connectivity index is 1.81. The van der Waals surface area contributed by atoms with Crippen LogP contribution in [-0.4, -0.2) is 28.4 Å². The number of carboxylic acid groups (broad SMARTS) is 1. The van der Waals surface area contributed by atoms with Crippen LogP contribution in [0.3, 0.4) is 0 Å². The first-order valence-electron chi connectivity index (χ1n) is 9.21. The third-order valence-corrected chi connectivity index (χ3v) is 5.81. The number of hydrogen-bond donors (Lipinski definition) is 1. The van der Waals surface area contributed by atoms with Gasteiger partial charge in [-0.15, -0.1) is 0 Å². The van der Waals surface area contributed by atoms with Gasteiger partial charge in [0.1, 0.15) is 5.57 Å². The van der Waals surface area contributed by atoms with Crippen molar-refractivity contribution < 1.29 is 24.3 Å². The molecule has 3 aromatic rings. The fourth-order valence-corrected chi connectivity index (χ4v) is 3.72. The molecule has 4 rings (SSSR count). The van der Waals surface area contributed by atoms with Crippen molar-refractivity contribution in [3.8, 4) is 0 Å². The Morgan fingerprint density at radius 1 is 1.16 bits per heavy atom. The highest BCUT2D eigenvalue weighted by Crippen LogP contribution is 2.28. The summed E-state index contributed by atoms with van der Waals surface area (Å²) >= 11 is 3.37. The molecule has 0 bridgehead atoms. The molecule has 0 radical (unpaired) electrons. The number of aryl methyl sites for hydroxylation is 1. The molecule has 0 spiro atoms. The molecule has 2 heterocycles. The van der Waals surface area contributed by atoms with Crippen molar-refractivity contribution in [1.82, 2.24) is 9.88 Å². The molecule has 1 saturated heterocycles. The Kier molecular flexibility index (Phi) is 5.20. The molecule has 8 nitrogen and oxygen atoms in total. The maximum atomic E-state index is 13.1. The minimum atomic E-state index is -1.27. The van der Waals surface area contributed by atoms with E-state index >= 15 is 0 Å². The van der Waals surface area contributed by atoms with Crippen molar-refractivity contribution >= 4 is 62.4 Å². The summed E-state index contributed by atoms with van der Waals surface area (Å²) in [6.07, 6.45) is 2.88. The zero-order valence-corrected chi connectivity index (χ0v) is 17.8. The number of aromatic nitrogens is 1. The number of imide groups is 2. The van der Waals surface area contributed by atoms with Gasteiger partial charge in [-0.3, -0.25) is 14.9 Å². The number of rotatable bonds is 4. The number of nitrogens with one attached hydrogen (secondary N) is 1. The number of hydrogen-bond acceptors (Lipinski definition) is 5. The molecule has 0 saturated carbocycles. The van der Waals surface area contributed by atoms with E-state index in [-0.39, 0.29) is 12.1 Å². The van der Waals surface area contributed by atoms with Crippen LogP contribution < -0.4 is 15.3 Å². The SMILES string of the molecule is Cc1cc(N2C(=O)NC(=O)/C(=C\c3cn(CC(=O)[O-])c4ccccc34)C2=O)ccc1Br. The Hall–Kier alpha value is -3.72. The summed E-state index contributed by atoms with van der Waals surface area (Å²) in [6, 6.07) is 11.1. The van der Waals surface area contributed by atoms with E-state index in [1.54, 1.807) is 42.5 Å². The van der Waals surface area contributed by atoms with Crippen LogP contribution in [0, 0.1) is 6.92 Å². The summed E-state index contributed by atoms with van der Waals surface area (Å²) in [7, 11) is 0. The molecule has 0 aliphatic carbocycles. The third-order valence-electron chi connectivity index (χ3n) is 4.92. The molecule has 0 unspecified atom stereocenters. The quantitative estimate of drug-likeness (QED) is 0.454. The summed E-state index contributed by atoms with van der Waals surface area (Å²) in [5.41, 5.74) is 1.97. The normalized spacial score (nSPS) is 15.6. The minimum absolute atomic E-state index is 0.239. The molecular weight excluding hydrogens is 466 g/mol. The van der Waals surface area contributed by atoms with Gasteiger partial charge >= 0.3 is 6.03 Å². The predicted molar refractivity (Wildman–Crippen MR) is 115 cm³/mol. The van der Waals surface area contributed by atoms with Crippen molar-refractivity contribution in [3.63, 3.8) is 0 Å². The second kappa shape index (κ2) is 7.84. The van der Waals surface area contributed by atoms with Crippen molar-refractivity contribution in [2.24, 2.45) is 0 Å². The maximum Gasteiger partial charge on any atom is 0.335 e. The first-order valence-corrected chi connectivity index (χ1v) is 10.0. The van der Waals surface area contributed by atoms with Crippen LogP contribution in [0.15, 0.2) is 58.7 Å². The topological polar surface area (TPSA) is 112 Å². The van der Waals surface area contributed by atoms with Crippen molar-refractivity contribution in [2.75, 3.05) is 4.90 Å². The first-order chi connectivity index (χ1) is 14.8. The van der Waals surface area contributed by atoms with Gasteiger partial charge in [-0.25, -0.2) is 9.69 Å². The average molecular weight is 481 g/mol. The van der Waals surface area contributed by atoms with Crippen LogP contribution in [-0.2, 0) is 20.9 Å². The van der Waals surface area contributed by atoms with Gasteiger partial charge < -0.3 is 14.5 Å². The van der Waals surface area contributed by atoms with E-state index in [0.717, 1.165) is 14.9 Å². The van der Waals surface area contributed by atoms with Gasteiger partial charge in [-0.2, -0.15) is 0 Å². The van der Waals surface area contributed by atoms with Crippen molar-refractivity contribution in [1.29, 1.82) is 0 Å². The number of urea groups is 1. The summed E-state index contributed by atoms with van der Waals surface area (Å²) in [6.45, 7) is 1.43. The number of amides is 4. The fourth-order valence-electron chi connectivity index (χ4n) is 3.48. The molecule has 1 fully saturated rings. The van der Waals surface area contributed by atoms with Gasteiger partial charge in [0.05, 0.1) is 18.2 Å². The number of carbonyl (C=O) groups excluding carboxylic acids is 4. The summed E-state index contributed by atoms with van der Waals surface area (Å²) in [4.78, 5) is 50.0. The van der Waals surface area contributed by atoms with E-state index in [0.29, 0.717) is 22.2 Å². The van der Waals surface area contributed by atoms with Crippen molar-refractivity contribution in [3.05, 3.63) is 69.8 Å². The molecule has 2 aromatic carbocycles. The molecule has 4 amide bonds. The molecule has 0 atom stereocenters. The summed E-state index contributed by atoms with van der Waals surface area (Å²) < 4.78 is 2.28. The molecule has 156 valence electrons. The Labute approximate surface area is 184 Å². The highest BCUT2D eigenvalue weighted by molar-refractivity contribution is 9.10. The fraction of sp³-hybridized carbons (Fsp3) is 0.0909. The van der Waals surface area contributed by atoms with E-state index < -0.39 is 23.8 Å². The van der Waals surface area contributed by atoms with Gasteiger partial charge in [-0.1, -0.05) is 34.1 Å². The van der Waals surface area contributed by atoms with Gasteiger partial charge in [-0.05, 0) is 42.8 Å². The molecule has 1 aliphatic rings. The number of benzene rings is 2. The molecule has 1 N–H and O–H groups in total. The number of nitrogens with zero attached hydrogens (tertiary/aromatic N) is 2. The van der Waals surface area contributed by atoms with E-state index in [4.69, 9.17) is 0 Å². The number of anilines is 1. The maximum absolute atomic E-state index is 13.1. The Morgan fingerprint density at radius 3 is 2.61 bits per heavy atom. The Morgan fingerprint density at radius 2 is 1.90 bits per heavy atom. The lowest BCUT2D eigenvalue weighted by molar-refractivity contribution is -0.306. The van der Waals surface area contributed by atoms with Crippen LogP contribution in [0.2, 0.25) is 0 Å². The number of halogens is 1. The molecular formula is C22H15BrN3O5-. The number of carbonyl (C=O) groups is 4. The first kappa shape index (κ1) is 20.5. The molecule has 31 heavy (non-hydrogen) atoms. The summed E-state index contributed by atoms with van der Waals surface area (Å²) in [5, 5.41) is 13.9. The zero-order chi connectivity index (χ0) is 22.3. The predicted octanol–water partition coefficient (Wildman–Crippen LogP) is 2.13. The van der Waals surface area contributed by atoms with Gasteiger partial charge in [0, 0.05) is 27.1 Å². The minimum Gasteiger partial charge on any atom is -0.548 e. The number of fused-ring (bicyclic) bond motifs is 1. The second-order valence-corrected chi connectivity index (χ2v) is 7.85. The average Bonchev–Trinajstić information content (AvgIpc) is 3.04. The van der Waals surface area contributed by atoms with E-state index in [9.17, 15) is 24.3 Å². The lowest BCUT2D eigenvalue weighted by Crippen LogP contribution is -2.54. The van der Waals surface area contributed by atoms with Crippen LogP contribution >= 0.6 is 15.9 Å². The lowest BCUT2D eigenvalue weighted by atomic mass is 10.1. The highest BCUT2D eigenvalue weighted by Gasteiger charge is 2.37. The smallest absolute Gasteiger partial charge is 0.335 e. The highest BCUT2D eigenvalue weighted by atomic mass is 79.9. The van der Waals surface area contributed by atoms with Crippen LogP contribution in [0.1, 0.15) is 11.1 Å². The number of barbiturate groups is 1. The van der Waals surface area contributed by atoms with Crippen molar-refractivity contribution in [2.45, 2.75) is 13.5 Å². The van der Waals surface area contributed by atoms with Crippen LogP contribution in [0.4, 0.5) is 10.5 Å². The largest absolute Gasteiger partial charge is 0.548 e. The van der Waals surface area contributed by atoms with E-state index in [1.165, 1.54) is 16.8 Å². The standard InChI is InChI=1S/C22H16BrN3O5/c1-12-8-14(6-7-17(12)23)26-21(30)16(20(29)24-22(26)31)9-13-10-25(11-19(27)28)18-5-3-2-4-15(13)18/h2-10H,11H2,1H3,(H,27,28)(H,24,29,31)/p-1/b16-9+. The van der Waals surface area contributed by atoms with Gasteiger partial charge in [0.25, 0.3) is 11.8 Å². The number of para-hydroxylation sites is 1. The molecule has 1 aromatic heterocycles. The van der Waals surface area contributed by atoms with Crippen LogP contribution in [0.5, 0.6) is 0 Å². The van der Waals surface area contributed by atoms with Gasteiger partial charge in [0.15, 0.2) is 0 Å². The lowest BCUT2D eigenvalue weighted by Gasteiger charge is -2.26. The van der Waals surface area contributed by atoms with Gasteiger partial charge in [0.2, 0.25) is 0 Å². The summed E-state index contributed by atoms with van der Waals surface area (Å²) in [5.74, 6) is -2.86. The number of carboxylic acids is 1. The zero-order valence-electron chi connectivity index (χ0n) is 16.2.